The van der Waals surface area contributed by atoms with Gasteiger partial charge >= 0.3 is 12.0 Å². The van der Waals surface area contributed by atoms with E-state index in [0.29, 0.717) is 30.0 Å². The maximum Gasteiger partial charge on any atom is 0.341 e. The van der Waals surface area contributed by atoms with Crippen molar-refractivity contribution in [3.05, 3.63) is 28.8 Å². The molecule has 2 unspecified atom stereocenters. The van der Waals surface area contributed by atoms with Crippen LogP contribution in [0, 0.1) is 11.8 Å². The lowest BCUT2D eigenvalue weighted by atomic mass is 9.81. The predicted molar refractivity (Wildman–Crippen MR) is 111 cm³/mol. The number of ether oxygens (including phenoxy) is 1. The minimum absolute atomic E-state index is 0.0997. The molecule has 1 heterocycles. The van der Waals surface area contributed by atoms with Crippen LogP contribution in [0.5, 0.6) is 5.75 Å². The summed E-state index contributed by atoms with van der Waals surface area (Å²) in [6, 6.07) is 3.97. The summed E-state index contributed by atoms with van der Waals surface area (Å²) >= 11 is 6.27. The van der Waals surface area contributed by atoms with Crippen LogP contribution < -0.4 is 10.1 Å². The van der Waals surface area contributed by atoms with Gasteiger partial charge in [0.1, 0.15) is 11.5 Å². The number of urea groups is 1. The molecular weight excluding hydrogens is 392 g/mol. The molecule has 7 heteroatoms. The first kappa shape index (κ1) is 21.5. The molecule has 6 nitrogen and oxygen atoms in total. The Hall–Kier alpha value is -2.21. The Kier molecular flexibility index (Phi) is 7.06. The topological polar surface area (TPSA) is 84.8 Å². The van der Waals surface area contributed by atoms with E-state index in [0.717, 1.165) is 6.42 Å². The standard InChI is InChI=1S/C22H27ClN2O4/c1-3-17-20(18(27)10-8-14-6-4-5-7-14)21(25-22(28)24-17)15-9-11-19(16(23)12-15)29-13(2)26/h9,11-12,14,20-21H,3-8,10H2,1-2H3,(H,25,28). The van der Waals surface area contributed by atoms with E-state index in [4.69, 9.17) is 16.3 Å². The third-order valence-electron chi connectivity index (χ3n) is 5.77. The molecule has 29 heavy (non-hydrogen) atoms. The van der Waals surface area contributed by atoms with Gasteiger partial charge in [-0.1, -0.05) is 50.3 Å². The van der Waals surface area contributed by atoms with Crippen LogP contribution in [0.1, 0.15) is 70.4 Å². The van der Waals surface area contributed by atoms with Gasteiger partial charge in [-0.15, -0.1) is 0 Å². The zero-order valence-electron chi connectivity index (χ0n) is 16.9. The highest BCUT2D eigenvalue weighted by molar-refractivity contribution is 6.32. The highest BCUT2D eigenvalue weighted by Crippen LogP contribution is 2.35. The Bertz CT molecular complexity index is 830. The number of carbonyl (C=O) groups is 3. The molecule has 1 fully saturated rings. The molecule has 0 saturated heterocycles. The van der Waals surface area contributed by atoms with Crippen molar-refractivity contribution in [1.29, 1.82) is 0 Å². The number of esters is 1. The van der Waals surface area contributed by atoms with Crippen LogP contribution in [0.15, 0.2) is 23.2 Å². The van der Waals surface area contributed by atoms with E-state index < -0.39 is 24.0 Å². The van der Waals surface area contributed by atoms with Gasteiger partial charge in [-0.05, 0) is 36.5 Å². The second-order valence-corrected chi connectivity index (χ2v) is 8.21. The van der Waals surface area contributed by atoms with Gasteiger partial charge in [0.25, 0.3) is 0 Å². The van der Waals surface area contributed by atoms with Gasteiger partial charge in [-0.25, -0.2) is 9.79 Å². The van der Waals surface area contributed by atoms with Crippen LogP contribution in [-0.4, -0.2) is 23.5 Å². The minimum Gasteiger partial charge on any atom is -0.425 e. The van der Waals surface area contributed by atoms with E-state index in [9.17, 15) is 14.4 Å². The van der Waals surface area contributed by atoms with Crippen molar-refractivity contribution in [3.63, 3.8) is 0 Å². The maximum atomic E-state index is 13.2. The molecule has 0 bridgehead atoms. The van der Waals surface area contributed by atoms with Gasteiger partial charge in [-0.2, -0.15) is 0 Å². The Labute approximate surface area is 176 Å². The lowest BCUT2D eigenvalue weighted by molar-refractivity contribution is -0.131. The number of hydrogen-bond acceptors (Lipinski definition) is 4. The van der Waals surface area contributed by atoms with E-state index in [1.807, 2.05) is 6.92 Å². The molecule has 1 N–H and O–H groups in total. The lowest BCUT2D eigenvalue weighted by Gasteiger charge is -2.31. The van der Waals surface area contributed by atoms with Gasteiger partial charge in [0.15, 0.2) is 0 Å². The molecular formula is C22H27ClN2O4. The summed E-state index contributed by atoms with van der Waals surface area (Å²) in [5, 5.41) is 3.08. The van der Waals surface area contributed by atoms with Crippen molar-refractivity contribution in [1.82, 2.24) is 5.32 Å². The van der Waals surface area contributed by atoms with E-state index in [1.165, 1.54) is 32.6 Å². The van der Waals surface area contributed by atoms with Gasteiger partial charge in [-0.3, -0.25) is 9.59 Å². The largest absolute Gasteiger partial charge is 0.425 e. The Balaban J connectivity index is 1.84. The number of nitrogens with zero attached hydrogens (tertiary/aromatic N) is 1. The maximum absolute atomic E-state index is 13.2. The Morgan fingerprint density at radius 2 is 2.00 bits per heavy atom. The molecule has 156 valence electrons. The number of carbonyl (C=O) groups excluding carboxylic acids is 3. The second kappa shape index (κ2) is 9.53. The number of halogens is 1. The third kappa shape index (κ3) is 5.24. The van der Waals surface area contributed by atoms with Crippen molar-refractivity contribution in [2.45, 2.75) is 64.8 Å². The first-order chi connectivity index (χ1) is 13.9. The van der Waals surface area contributed by atoms with Crippen LogP contribution in [0.2, 0.25) is 5.02 Å². The van der Waals surface area contributed by atoms with Crippen LogP contribution in [0.4, 0.5) is 4.79 Å². The summed E-state index contributed by atoms with van der Waals surface area (Å²) in [5.41, 5.74) is 1.30. The molecule has 2 atom stereocenters. The molecule has 1 aromatic rings. The Morgan fingerprint density at radius 1 is 1.28 bits per heavy atom. The summed E-state index contributed by atoms with van der Waals surface area (Å²) in [6.07, 6.45) is 6.79. The predicted octanol–water partition coefficient (Wildman–Crippen LogP) is 5.04. The summed E-state index contributed by atoms with van der Waals surface area (Å²) in [5.74, 6) is -0.00276. The van der Waals surface area contributed by atoms with Crippen molar-refractivity contribution in [3.8, 4) is 5.75 Å². The molecule has 2 aliphatic rings. The molecule has 1 aliphatic carbocycles. The van der Waals surface area contributed by atoms with Gasteiger partial charge in [0, 0.05) is 19.1 Å². The fraction of sp³-hybridized carbons (Fsp3) is 0.545. The molecule has 2 amide bonds. The smallest absolute Gasteiger partial charge is 0.341 e. The molecule has 3 rings (SSSR count). The van der Waals surface area contributed by atoms with Crippen molar-refractivity contribution >= 4 is 35.1 Å². The molecule has 1 aliphatic heterocycles. The summed E-state index contributed by atoms with van der Waals surface area (Å²) in [4.78, 5) is 40.6. The fourth-order valence-electron chi connectivity index (χ4n) is 4.34. The zero-order chi connectivity index (χ0) is 21.0. The van der Waals surface area contributed by atoms with Gasteiger partial charge in [0.2, 0.25) is 0 Å². The van der Waals surface area contributed by atoms with E-state index in [2.05, 4.69) is 10.3 Å². The number of nitrogens with one attached hydrogen (secondary N) is 1. The SMILES string of the molecule is CCC1=NC(=O)NC(c2ccc(OC(C)=O)c(Cl)c2)C1C(=O)CCC1CCCC1. The quantitative estimate of drug-likeness (QED) is 0.496. The van der Waals surface area contributed by atoms with Gasteiger partial charge in [0.05, 0.1) is 17.0 Å². The lowest BCUT2D eigenvalue weighted by Crippen LogP contribution is -2.44. The number of ketones is 1. The van der Waals surface area contributed by atoms with Crippen LogP contribution >= 0.6 is 11.6 Å². The molecule has 1 saturated carbocycles. The fourth-order valence-corrected chi connectivity index (χ4v) is 4.56. The zero-order valence-corrected chi connectivity index (χ0v) is 17.6. The van der Waals surface area contributed by atoms with Crippen LogP contribution in [-0.2, 0) is 9.59 Å². The van der Waals surface area contributed by atoms with Crippen molar-refractivity contribution in [2.24, 2.45) is 16.8 Å². The summed E-state index contributed by atoms with van der Waals surface area (Å²) < 4.78 is 5.07. The highest BCUT2D eigenvalue weighted by Gasteiger charge is 2.38. The summed E-state index contributed by atoms with van der Waals surface area (Å²) in [7, 11) is 0. The van der Waals surface area contributed by atoms with E-state index in [-0.39, 0.29) is 16.6 Å². The summed E-state index contributed by atoms with van der Waals surface area (Å²) in [6.45, 7) is 3.21. The van der Waals surface area contributed by atoms with Crippen molar-refractivity contribution < 1.29 is 19.1 Å². The first-order valence-corrected chi connectivity index (χ1v) is 10.6. The molecule has 0 spiro atoms. The number of amides is 2. The number of benzene rings is 1. The highest BCUT2D eigenvalue weighted by atomic mass is 35.5. The number of aliphatic imine (C=N–C) groups is 1. The van der Waals surface area contributed by atoms with Crippen molar-refractivity contribution in [2.75, 3.05) is 0 Å². The normalized spacial score (nSPS) is 22.2. The number of rotatable bonds is 7. The minimum atomic E-state index is -0.532. The van der Waals surface area contributed by atoms with E-state index in [1.54, 1.807) is 18.2 Å². The monoisotopic (exact) mass is 418 g/mol. The van der Waals surface area contributed by atoms with Gasteiger partial charge < -0.3 is 10.1 Å². The first-order valence-electron chi connectivity index (χ1n) is 10.3. The second-order valence-electron chi connectivity index (χ2n) is 7.80. The van der Waals surface area contributed by atoms with E-state index >= 15 is 0 Å². The molecule has 0 radical (unpaired) electrons. The van der Waals surface area contributed by atoms with Crippen LogP contribution in [0.3, 0.4) is 0 Å². The van der Waals surface area contributed by atoms with Crippen LogP contribution in [0.25, 0.3) is 0 Å². The third-order valence-corrected chi connectivity index (χ3v) is 6.06. The Morgan fingerprint density at radius 3 is 2.62 bits per heavy atom. The molecule has 0 aromatic heterocycles. The molecule has 1 aromatic carbocycles. The average molecular weight is 419 g/mol. The number of Topliss-reactive ketones (excluding diaryl/α,β-unsaturated/α-hetero) is 1. The number of hydrogen-bond donors (Lipinski definition) is 1. The average Bonchev–Trinajstić information content (AvgIpc) is 3.20.